The normalized spacial score (nSPS) is 10.8. The first-order valence-electron chi connectivity index (χ1n) is 9.26. The summed E-state index contributed by atoms with van der Waals surface area (Å²) in [6.45, 7) is 6.34. The second-order valence-electron chi connectivity index (χ2n) is 6.42. The quantitative estimate of drug-likeness (QED) is 0.585. The van der Waals surface area contributed by atoms with Crippen LogP contribution < -0.4 is 5.32 Å². The summed E-state index contributed by atoms with van der Waals surface area (Å²) < 4.78 is 2.11. The molecule has 0 unspecified atom stereocenters. The lowest BCUT2D eigenvalue weighted by atomic mass is 10.0. The molecular formula is C22H25N3OS. The van der Waals surface area contributed by atoms with Crippen LogP contribution in [0.15, 0.2) is 60.0 Å². The Kier molecular flexibility index (Phi) is 6.35. The molecule has 4 nitrogen and oxygen atoms in total. The molecule has 2 aromatic carbocycles. The Morgan fingerprint density at radius 2 is 1.81 bits per heavy atom. The van der Waals surface area contributed by atoms with E-state index in [-0.39, 0.29) is 5.91 Å². The van der Waals surface area contributed by atoms with E-state index in [0.717, 1.165) is 29.2 Å². The Labute approximate surface area is 165 Å². The number of carbonyl (C=O) groups is 1. The summed E-state index contributed by atoms with van der Waals surface area (Å²) in [4.78, 5) is 16.8. The molecule has 0 bridgehead atoms. The van der Waals surface area contributed by atoms with Gasteiger partial charge in [0.15, 0.2) is 5.16 Å². The Bertz CT molecular complexity index is 911. The number of aromatic nitrogens is 2. The highest BCUT2D eigenvalue weighted by Crippen LogP contribution is 2.27. The fourth-order valence-corrected chi connectivity index (χ4v) is 3.90. The average molecular weight is 380 g/mol. The summed E-state index contributed by atoms with van der Waals surface area (Å²) in [6, 6.07) is 14.3. The van der Waals surface area contributed by atoms with Crippen molar-refractivity contribution in [1.82, 2.24) is 9.55 Å². The molecule has 27 heavy (non-hydrogen) atoms. The predicted octanol–water partition coefficient (Wildman–Crippen LogP) is 5.04. The third-order valence-electron chi connectivity index (χ3n) is 4.45. The number of nitrogens with zero attached hydrogens (tertiary/aromatic N) is 2. The third-order valence-corrected chi connectivity index (χ3v) is 5.41. The molecule has 0 radical (unpaired) electrons. The minimum Gasteiger partial charge on any atom is -0.325 e. The van der Waals surface area contributed by atoms with E-state index in [9.17, 15) is 4.79 Å². The zero-order valence-corrected chi connectivity index (χ0v) is 16.8. The number of para-hydroxylation sites is 1. The smallest absolute Gasteiger partial charge is 0.234 e. The standard InChI is InChI=1S/C22H25N3OS/c1-4-17-9-7-10-18(5-2)21(17)25-13-12-23-22(25)27-15-20(26)24-19-11-6-8-16(3)14-19/h6-14H,4-5,15H2,1-3H3,(H,24,26). The van der Waals surface area contributed by atoms with Gasteiger partial charge in [-0.2, -0.15) is 0 Å². The van der Waals surface area contributed by atoms with Gasteiger partial charge in [-0.25, -0.2) is 4.98 Å². The molecule has 0 saturated heterocycles. The van der Waals surface area contributed by atoms with Crippen LogP contribution >= 0.6 is 11.8 Å². The molecule has 1 amide bonds. The van der Waals surface area contributed by atoms with Gasteiger partial charge in [-0.1, -0.05) is 55.9 Å². The molecule has 1 heterocycles. The van der Waals surface area contributed by atoms with Crippen LogP contribution in [0.2, 0.25) is 0 Å². The van der Waals surface area contributed by atoms with Crippen LogP contribution in [0, 0.1) is 6.92 Å². The molecular weight excluding hydrogens is 354 g/mol. The average Bonchev–Trinajstić information content (AvgIpc) is 3.13. The van der Waals surface area contributed by atoms with Gasteiger partial charge < -0.3 is 5.32 Å². The van der Waals surface area contributed by atoms with Gasteiger partial charge >= 0.3 is 0 Å². The van der Waals surface area contributed by atoms with Crippen LogP contribution in [-0.2, 0) is 17.6 Å². The van der Waals surface area contributed by atoms with Crippen LogP contribution in [-0.4, -0.2) is 21.2 Å². The van der Waals surface area contributed by atoms with Gasteiger partial charge in [-0.05, 0) is 48.6 Å². The largest absolute Gasteiger partial charge is 0.325 e. The maximum Gasteiger partial charge on any atom is 0.234 e. The SMILES string of the molecule is CCc1cccc(CC)c1-n1ccnc1SCC(=O)Nc1cccc(C)c1. The summed E-state index contributed by atoms with van der Waals surface area (Å²) in [7, 11) is 0. The summed E-state index contributed by atoms with van der Waals surface area (Å²) >= 11 is 1.46. The fourth-order valence-electron chi connectivity index (χ4n) is 3.14. The van der Waals surface area contributed by atoms with Gasteiger partial charge in [-0.3, -0.25) is 9.36 Å². The number of anilines is 1. The molecule has 0 saturated carbocycles. The van der Waals surface area contributed by atoms with E-state index in [1.807, 2.05) is 37.4 Å². The summed E-state index contributed by atoms with van der Waals surface area (Å²) in [5.74, 6) is 0.292. The van der Waals surface area contributed by atoms with E-state index < -0.39 is 0 Å². The van der Waals surface area contributed by atoms with Crippen LogP contribution in [0.3, 0.4) is 0 Å². The van der Waals surface area contributed by atoms with Crippen molar-refractivity contribution in [1.29, 1.82) is 0 Å². The minimum atomic E-state index is -0.0281. The number of carbonyl (C=O) groups excluding carboxylic acids is 1. The van der Waals surface area contributed by atoms with Gasteiger partial charge in [0.1, 0.15) is 0 Å². The van der Waals surface area contributed by atoms with Gasteiger partial charge in [0.2, 0.25) is 5.91 Å². The maximum atomic E-state index is 12.3. The maximum absolute atomic E-state index is 12.3. The van der Waals surface area contributed by atoms with Crippen molar-refractivity contribution in [2.24, 2.45) is 0 Å². The number of hydrogen-bond acceptors (Lipinski definition) is 3. The lowest BCUT2D eigenvalue weighted by molar-refractivity contribution is -0.113. The summed E-state index contributed by atoms with van der Waals surface area (Å²) in [5.41, 5.74) is 5.73. The van der Waals surface area contributed by atoms with E-state index in [1.54, 1.807) is 6.20 Å². The second-order valence-corrected chi connectivity index (χ2v) is 7.36. The predicted molar refractivity (Wildman–Crippen MR) is 113 cm³/mol. The first kappa shape index (κ1) is 19.2. The third kappa shape index (κ3) is 4.61. The first-order chi connectivity index (χ1) is 13.1. The topological polar surface area (TPSA) is 46.9 Å². The molecule has 1 aromatic heterocycles. The van der Waals surface area contributed by atoms with E-state index in [2.05, 4.69) is 46.9 Å². The summed E-state index contributed by atoms with van der Waals surface area (Å²) in [6.07, 6.45) is 5.69. The Hall–Kier alpha value is -2.53. The molecule has 1 N–H and O–H groups in total. The van der Waals surface area contributed by atoms with E-state index in [0.29, 0.717) is 5.75 Å². The zero-order valence-electron chi connectivity index (χ0n) is 16.0. The van der Waals surface area contributed by atoms with Crippen molar-refractivity contribution in [3.63, 3.8) is 0 Å². The van der Waals surface area contributed by atoms with E-state index in [4.69, 9.17) is 0 Å². The highest BCUT2D eigenvalue weighted by atomic mass is 32.2. The number of amides is 1. The van der Waals surface area contributed by atoms with Crippen molar-refractivity contribution in [3.8, 4) is 5.69 Å². The van der Waals surface area contributed by atoms with Crippen molar-refractivity contribution in [2.45, 2.75) is 38.8 Å². The molecule has 0 atom stereocenters. The van der Waals surface area contributed by atoms with E-state index >= 15 is 0 Å². The van der Waals surface area contributed by atoms with Crippen molar-refractivity contribution >= 4 is 23.4 Å². The van der Waals surface area contributed by atoms with Crippen LogP contribution in [0.25, 0.3) is 5.69 Å². The highest BCUT2D eigenvalue weighted by molar-refractivity contribution is 7.99. The van der Waals surface area contributed by atoms with Gasteiger partial charge in [-0.15, -0.1) is 0 Å². The number of aryl methyl sites for hydroxylation is 3. The Morgan fingerprint density at radius 1 is 1.11 bits per heavy atom. The monoisotopic (exact) mass is 379 g/mol. The molecule has 0 fully saturated rings. The van der Waals surface area contributed by atoms with Crippen LogP contribution in [0.1, 0.15) is 30.5 Å². The number of benzene rings is 2. The van der Waals surface area contributed by atoms with Crippen LogP contribution in [0.4, 0.5) is 5.69 Å². The van der Waals surface area contributed by atoms with Crippen molar-refractivity contribution < 1.29 is 4.79 Å². The molecule has 0 spiro atoms. The zero-order chi connectivity index (χ0) is 19.2. The number of imidazole rings is 1. The van der Waals surface area contributed by atoms with Crippen LogP contribution in [0.5, 0.6) is 0 Å². The molecule has 0 aliphatic carbocycles. The molecule has 3 rings (SSSR count). The van der Waals surface area contributed by atoms with Crippen molar-refractivity contribution in [2.75, 3.05) is 11.1 Å². The van der Waals surface area contributed by atoms with Crippen molar-refractivity contribution in [3.05, 3.63) is 71.5 Å². The Morgan fingerprint density at radius 3 is 2.48 bits per heavy atom. The van der Waals surface area contributed by atoms with Gasteiger partial charge in [0.25, 0.3) is 0 Å². The number of nitrogens with one attached hydrogen (secondary N) is 1. The first-order valence-corrected chi connectivity index (χ1v) is 10.2. The molecule has 3 aromatic rings. The van der Waals surface area contributed by atoms with Gasteiger partial charge in [0.05, 0.1) is 11.4 Å². The summed E-state index contributed by atoms with van der Waals surface area (Å²) in [5, 5.41) is 3.79. The lowest BCUT2D eigenvalue weighted by Gasteiger charge is -2.16. The second kappa shape index (κ2) is 8.91. The fraction of sp³-hybridized carbons (Fsp3) is 0.273. The van der Waals surface area contributed by atoms with E-state index in [1.165, 1.54) is 28.6 Å². The Balaban J connectivity index is 1.76. The molecule has 0 aliphatic rings. The lowest BCUT2D eigenvalue weighted by Crippen LogP contribution is -2.14. The van der Waals surface area contributed by atoms with Gasteiger partial charge in [0, 0.05) is 18.1 Å². The molecule has 140 valence electrons. The molecule has 5 heteroatoms. The number of hydrogen-bond donors (Lipinski definition) is 1. The molecule has 0 aliphatic heterocycles. The number of rotatable bonds is 7. The highest BCUT2D eigenvalue weighted by Gasteiger charge is 2.14. The number of thioether (sulfide) groups is 1. The minimum absolute atomic E-state index is 0.0281.